The second-order valence-corrected chi connectivity index (χ2v) is 13.2. The minimum absolute atomic E-state index is 0.0948. The first kappa shape index (κ1) is 20.2. The number of piperazine rings is 1. The van der Waals surface area contributed by atoms with Gasteiger partial charge in [-0.2, -0.15) is 25.3 Å². The number of thiol groups is 2. The highest BCUT2D eigenvalue weighted by Gasteiger charge is 2.80. The lowest BCUT2D eigenvalue weighted by molar-refractivity contribution is -0.171. The van der Waals surface area contributed by atoms with E-state index in [0.29, 0.717) is 0 Å². The maximum atomic E-state index is 13.9. The molecule has 10 atom stereocenters. The number of Topliss-reactive ketones (excluding diaryl/α,β-unsaturated/α-hetero) is 2. The molecule has 7 fully saturated rings. The summed E-state index contributed by atoms with van der Waals surface area (Å²) in [4.78, 5) is 53.5. The van der Waals surface area contributed by atoms with Crippen molar-refractivity contribution in [3.05, 3.63) is 0 Å². The summed E-state index contributed by atoms with van der Waals surface area (Å²) in [5.41, 5.74) is 0. The normalized spacial score (nSPS) is 54.3. The van der Waals surface area contributed by atoms with Gasteiger partial charge in [0.05, 0.1) is 24.3 Å². The van der Waals surface area contributed by atoms with Crippen molar-refractivity contribution in [1.29, 1.82) is 0 Å². The minimum Gasteiger partial charge on any atom is -0.390 e. The molecule has 0 aromatic rings. The van der Waals surface area contributed by atoms with Gasteiger partial charge in [-0.25, -0.2) is 0 Å². The number of aliphatic hydroxyl groups excluding tert-OH is 2. The van der Waals surface area contributed by atoms with Crippen LogP contribution >= 0.6 is 46.8 Å². The molecule has 2 bridgehead atoms. The minimum atomic E-state index is -1.31. The molecule has 2 spiro atoms. The van der Waals surface area contributed by atoms with Crippen molar-refractivity contribution in [1.82, 2.24) is 9.80 Å². The Morgan fingerprint density at radius 3 is 1.50 bits per heavy atom. The fourth-order valence-corrected chi connectivity index (χ4v) is 10.9. The molecule has 162 valence electrons. The molecular weight excluding hydrogens is 468 g/mol. The molecule has 12 heteroatoms. The summed E-state index contributed by atoms with van der Waals surface area (Å²) in [5.74, 6) is -2.13. The fourth-order valence-electron chi connectivity index (χ4n) is 6.39. The molecule has 30 heavy (non-hydrogen) atoms. The summed E-state index contributed by atoms with van der Waals surface area (Å²) >= 11 is 8.69. The largest absolute Gasteiger partial charge is 0.390 e. The Kier molecular flexibility index (Phi) is 4.13. The Hall–Kier alpha value is -0.400. The van der Waals surface area contributed by atoms with Crippen LogP contribution in [-0.2, 0) is 19.2 Å². The number of carbonyl (C=O) groups excluding carboxylic acids is 4. The Labute approximate surface area is 191 Å². The van der Waals surface area contributed by atoms with Gasteiger partial charge < -0.3 is 20.0 Å². The number of rotatable bonds is 0. The van der Waals surface area contributed by atoms with Crippen molar-refractivity contribution in [2.75, 3.05) is 0 Å². The van der Waals surface area contributed by atoms with E-state index in [0.717, 1.165) is 0 Å². The molecule has 2 amide bonds. The van der Waals surface area contributed by atoms with E-state index in [9.17, 15) is 29.4 Å². The molecule has 0 radical (unpaired) electrons. The van der Waals surface area contributed by atoms with Crippen LogP contribution in [0.15, 0.2) is 0 Å². The van der Waals surface area contributed by atoms with Crippen molar-refractivity contribution in [2.45, 2.75) is 70.2 Å². The molecule has 5 aliphatic heterocycles. The molecule has 2 N–H and O–H groups in total. The van der Waals surface area contributed by atoms with E-state index in [1.807, 2.05) is 0 Å². The number of carbonyl (C=O) groups is 4. The molecule has 0 aromatic carbocycles. The summed E-state index contributed by atoms with van der Waals surface area (Å²) in [6, 6.07) is -1.59. The maximum Gasteiger partial charge on any atom is 0.261 e. The fraction of sp³-hybridized carbons (Fsp3) is 0.778. The number of amides is 2. The average molecular weight is 489 g/mol. The van der Waals surface area contributed by atoms with E-state index in [-0.39, 0.29) is 49.1 Å². The monoisotopic (exact) mass is 488 g/mol. The van der Waals surface area contributed by atoms with Crippen LogP contribution in [0.2, 0.25) is 0 Å². The highest BCUT2D eigenvalue weighted by molar-refractivity contribution is 8.78. The van der Waals surface area contributed by atoms with Gasteiger partial charge in [0.2, 0.25) is 0 Å². The molecule has 6 unspecified atom stereocenters. The summed E-state index contributed by atoms with van der Waals surface area (Å²) in [6.45, 7) is 0. The molecule has 8 nitrogen and oxygen atoms in total. The summed E-state index contributed by atoms with van der Waals surface area (Å²) in [5, 5.41) is 20.5. The third kappa shape index (κ3) is 2.09. The number of fused-ring (bicyclic) bond motifs is 3. The van der Waals surface area contributed by atoms with Gasteiger partial charge in [0.1, 0.15) is 11.6 Å². The topological polar surface area (TPSA) is 115 Å². The van der Waals surface area contributed by atoms with Gasteiger partial charge in [-0.1, -0.05) is 21.6 Å². The molecular formula is C18H20N2O6S4. The highest BCUT2D eigenvalue weighted by atomic mass is 33.1. The van der Waals surface area contributed by atoms with Crippen LogP contribution in [0.4, 0.5) is 0 Å². The second kappa shape index (κ2) is 6.13. The lowest BCUT2D eigenvalue weighted by Gasteiger charge is -2.59. The van der Waals surface area contributed by atoms with Crippen molar-refractivity contribution in [3.63, 3.8) is 0 Å². The zero-order valence-corrected chi connectivity index (χ0v) is 19.0. The van der Waals surface area contributed by atoms with Crippen LogP contribution in [-0.4, -0.2) is 87.9 Å². The third-order valence-electron chi connectivity index (χ3n) is 7.75. The molecule has 7 aliphatic rings. The first-order valence-electron chi connectivity index (χ1n) is 9.96. The Bertz CT molecular complexity index is 847. The molecule has 7 rings (SSSR count). The molecule has 0 aromatic heterocycles. The molecule has 2 aliphatic carbocycles. The van der Waals surface area contributed by atoms with Crippen molar-refractivity contribution in [3.8, 4) is 0 Å². The standard InChI is InChI=1S/C18H20N2O6S4/c21-7-1-9(27)13(23)11-5(7)3-17-15(25)20-12-6(8(22)2-10(28)14(12)24)4-18(20,30-29-17)16(26)19(11)17/h5-6,9-14,23-24,27-28H,1-4H2/t5?,6?,9?,10?,11-,12-,13-,14-,17?,18?/m0/s1. The first-order chi connectivity index (χ1) is 14.1. The van der Waals surface area contributed by atoms with E-state index in [4.69, 9.17) is 0 Å². The zero-order chi connectivity index (χ0) is 21.3. The molecule has 2 saturated carbocycles. The zero-order valence-electron chi connectivity index (χ0n) is 15.6. The van der Waals surface area contributed by atoms with Gasteiger partial charge >= 0.3 is 0 Å². The van der Waals surface area contributed by atoms with E-state index < -0.39 is 56.4 Å². The second-order valence-electron chi connectivity index (χ2n) is 9.14. The van der Waals surface area contributed by atoms with E-state index in [1.165, 1.54) is 31.4 Å². The maximum absolute atomic E-state index is 13.9. The van der Waals surface area contributed by atoms with E-state index >= 15 is 0 Å². The third-order valence-corrected chi connectivity index (χ3v) is 12.3. The van der Waals surface area contributed by atoms with Crippen LogP contribution in [0, 0.1) is 11.8 Å². The SMILES string of the molecule is O=C1CC(S)[C@H](O)[C@@H]2C1CC13SSC4(CC5C(=O)CC(S)[C@H](O)[C@H]5N4C1=O)C(=O)N23. The number of hydrogen-bond donors (Lipinski definition) is 4. The molecule has 5 saturated heterocycles. The van der Waals surface area contributed by atoms with Crippen LogP contribution in [0.25, 0.3) is 0 Å². The van der Waals surface area contributed by atoms with Crippen LogP contribution in [0.3, 0.4) is 0 Å². The van der Waals surface area contributed by atoms with Gasteiger partial charge in [0.25, 0.3) is 11.8 Å². The van der Waals surface area contributed by atoms with E-state index in [2.05, 4.69) is 25.3 Å². The lowest BCUT2D eigenvalue weighted by atomic mass is 9.80. The van der Waals surface area contributed by atoms with Crippen LogP contribution in [0.1, 0.15) is 25.7 Å². The van der Waals surface area contributed by atoms with Crippen molar-refractivity contribution in [2.24, 2.45) is 11.8 Å². The average Bonchev–Trinajstić information content (AvgIpc) is 3.24. The van der Waals surface area contributed by atoms with Gasteiger partial charge in [0.15, 0.2) is 9.74 Å². The smallest absolute Gasteiger partial charge is 0.261 e. The van der Waals surface area contributed by atoms with Crippen LogP contribution in [0.5, 0.6) is 0 Å². The highest BCUT2D eigenvalue weighted by Crippen LogP contribution is 2.70. The number of aliphatic hydroxyl groups is 2. The Morgan fingerprint density at radius 1 is 0.767 bits per heavy atom. The number of ketones is 2. The van der Waals surface area contributed by atoms with Gasteiger partial charge in [-0.15, -0.1) is 0 Å². The lowest BCUT2D eigenvalue weighted by Crippen LogP contribution is -2.77. The summed E-state index contributed by atoms with van der Waals surface area (Å²) in [6.07, 6.45) is -1.56. The Morgan fingerprint density at radius 2 is 1.13 bits per heavy atom. The number of hydrogen-bond acceptors (Lipinski definition) is 10. The van der Waals surface area contributed by atoms with Gasteiger partial charge in [-0.3, -0.25) is 19.2 Å². The summed E-state index contributed by atoms with van der Waals surface area (Å²) < 4.78 is 0. The van der Waals surface area contributed by atoms with Gasteiger partial charge in [-0.05, 0) is 0 Å². The first-order valence-corrected chi connectivity index (χ1v) is 13.1. The quantitative estimate of drug-likeness (QED) is 0.266. The predicted octanol–water partition coefficient (Wildman–Crippen LogP) is -0.514. The predicted molar refractivity (Wildman–Crippen MR) is 115 cm³/mol. The van der Waals surface area contributed by atoms with Crippen molar-refractivity contribution >= 4 is 70.2 Å². The van der Waals surface area contributed by atoms with E-state index in [1.54, 1.807) is 0 Å². The summed E-state index contributed by atoms with van der Waals surface area (Å²) in [7, 11) is 2.52. The van der Waals surface area contributed by atoms with Crippen molar-refractivity contribution < 1.29 is 29.4 Å². The number of nitrogens with zero attached hydrogens (tertiary/aromatic N) is 2. The molecule has 5 heterocycles. The van der Waals surface area contributed by atoms with Gasteiger partial charge in [0, 0.05) is 48.0 Å². The van der Waals surface area contributed by atoms with Crippen LogP contribution < -0.4 is 0 Å². The Balaban J connectivity index is 1.49.